The first-order valence-electron chi connectivity index (χ1n) is 13.6. The molecule has 2 aromatic carbocycles. The monoisotopic (exact) mass is 619 g/mol. The Hall–Kier alpha value is -4.25. The van der Waals surface area contributed by atoms with Crippen molar-refractivity contribution in [2.75, 3.05) is 62.3 Å². The Balaban J connectivity index is 1.38. The number of nitrogens with one attached hydrogen (secondary N) is 2. The number of fused-ring (bicyclic) bond motifs is 1. The Kier molecular flexibility index (Phi) is 7.91. The van der Waals surface area contributed by atoms with E-state index < -0.39 is 7.14 Å². The van der Waals surface area contributed by atoms with Crippen LogP contribution in [0.4, 0.5) is 28.8 Å². The zero-order valence-corrected chi connectivity index (χ0v) is 25.9. The van der Waals surface area contributed by atoms with E-state index >= 15 is 0 Å². The number of methoxy groups -OCH3 is 1. The minimum atomic E-state index is -2.71. The summed E-state index contributed by atoms with van der Waals surface area (Å²) in [7, 11) is 0.808. The summed E-state index contributed by atoms with van der Waals surface area (Å²) in [6, 6.07) is 7.61. The van der Waals surface area contributed by atoms with Crippen LogP contribution in [0.1, 0.15) is 0 Å². The molecule has 12 nitrogen and oxygen atoms in total. The highest BCUT2D eigenvalue weighted by molar-refractivity contribution is 7.70. The van der Waals surface area contributed by atoms with Crippen molar-refractivity contribution < 1.29 is 14.0 Å². The average Bonchev–Trinajstić information content (AvgIpc) is 3.44. The van der Waals surface area contributed by atoms with Gasteiger partial charge in [0.1, 0.15) is 17.9 Å². The van der Waals surface area contributed by atoms with Gasteiger partial charge in [-0.05, 0) is 31.5 Å². The van der Waals surface area contributed by atoms with Gasteiger partial charge in [0, 0.05) is 66.9 Å². The molecule has 6 rings (SSSR count). The fourth-order valence-corrected chi connectivity index (χ4v) is 6.27. The van der Waals surface area contributed by atoms with E-state index in [9.17, 15) is 4.57 Å². The van der Waals surface area contributed by atoms with Gasteiger partial charge < -0.3 is 29.6 Å². The van der Waals surface area contributed by atoms with Crippen molar-refractivity contribution in [3.63, 3.8) is 0 Å². The maximum Gasteiger partial charge on any atom is 0.229 e. The molecule has 3 aromatic heterocycles. The number of aromatic nitrogens is 6. The summed E-state index contributed by atoms with van der Waals surface area (Å²) in [6.45, 7) is 6.25. The Morgan fingerprint density at radius 1 is 0.977 bits per heavy atom. The predicted molar refractivity (Wildman–Crippen MR) is 170 cm³/mol. The van der Waals surface area contributed by atoms with Gasteiger partial charge in [-0.1, -0.05) is 11.6 Å². The molecule has 1 aliphatic rings. The average molecular weight is 620 g/mol. The second kappa shape index (κ2) is 11.8. The van der Waals surface area contributed by atoms with E-state index in [1.807, 2.05) is 31.6 Å². The van der Waals surface area contributed by atoms with Crippen molar-refractivity contribution in [3.8, 4) is 16.9 Å². The number of hydrogen-bond donors (Lipinski definition) is 2. The summed E-state index contributed by atoms with van der Waals surface area (Å²) in [5.74, 6) is 1.25. The highest BCUT2D eigenvalue weighted by Crippen LogP contribution is 2.42. The second-order valence-electron chi connectivity index (χ2n) is 10.5. The van der Waals surface area contributed by atoms with Crippen LogP contribution in [0.2, 0.25) is 5.02 Å². The molecule has 222 valence electrons. The number of halogens is 1. The van der Waals surface area contributed by atoms with Crippen molar-refractivity contribution in [1.29, 1.82) is 0 Å². The summed E-state index contributed by atoms with van der Waals surface area (Å²) >= 11 is 6.54. The van der Waals surface area contributed by atoms with Crippen LogP contribution in [0.5, 0.6) is 5.75 Å². The van der Waals surface area contributed by atoms with Crippen LogP contribution >= 0.6 is 18.7 Å². The van der Waals surface area contributed by atoms with Crippen LogP contribution in [-0.4, -0.2) is 76.5 Å². The number of anilines is 5. The standard InChI is InChI=1S/C29H31ClN9O3P/c1-38-17-18(15-34-38)19-11-23(26(41-2)14-25(19)39-7-9-42-10-8-39)36-29-33-16-20(30)28(37-29)35-24-12-21-22(32-6-5-31-21)13-27(24)43(3,4)40/h5-6,11-17H,7-10H2,1-4H3,(H2,33,35,36,37). The van der Waals surface area contributed by atoms with Gasteiger partial charge in [-0.15, -0.1) is 0 Å². The quantitative estimate of drug-likeness (QED) is 0.226. The summed E-state index contributed by atoms with van der Waals surface area (Å²) in [5.41, 5.74) is 5.52. The molecule has 1 saturated heterocycles. The molecule has 5 aromatic rings. The molecule has 0 radical (unpaired) electrons. The second-order valence-corrected chi connectivity index (χ2v) is 14.1. The third-order valence-electron chi connectivity index (χ3n) is 7.10. The lowest BCUT2D eigenvalue weighted by atomic mass is 10.0. The van der Waals surface area contributed by atoms with Gasteiger partial charge in [0.15, 0.2) is 5.82 Å². The van der Waals surface area contributed by atoms with Gasteiger partial charge in [-0.25, -0.2) is 4.98 Å². The molecule has 0 unspecified atom stereocenters. The largest absolute Gasteiger partial charge is 0.494 e. The maximum atomic E-state index is 13.2. The minimum absolute atomic E-state index is 0.291. The van der Waals surface area contributed by atoms with Gasteiger partial charge in [0.25, 0.3) is 0 Å². The Bertz CT molecular complexity index is 1850. The molecule has 0 bridgehead atoms. The molecule has 14 heteroatoms. The smallest absolute Gasteiger partial charge is 0.229 e. The van der Waals surface area contributed by atoms with Gasteiger partial charge >= 0.3 is 0 Å². The molecule has 2 N–H and O–H groups in total. The molecular weight excluding hydrogens is 589 g/mol. The first kappa shape index (κ1) is 28.9. The third-order valence-corrected chi connectivity index (χ3v) is 8.90. The number of ether oxygens (including phenoxy) is 2. The molecular formula is C29H31ClN9O3P. The lowest BCUT2D eigenvalue weighted by molar-refractivity contribution is 0.122. The van der Waals surface area contributed by atoms with Gasteiger partial charge in [0.05, 0.1) is 55.1 Å². The van der Waals surface area contributed by atoms with Crippen LogP contribution < -0.4 is 25.6 Å². The lowest BCUT2D eigenvalue weighted by Gasteiger charge is -2.31. The number of hydrogen-bond acceptors (Lipinski definition) is 11. The lowest BCUT2D eigenvalue weighted by Crippen LogP contribution is -2.36. The highest BCUT2D eigenvalue weighted by atomic mass is 35.5. The number of aryl methyl sites for hydroxylation is 1. The highest BCUT2D eigenvalue weighted by Gasteiger charge is 2.22. The fourth-order valence-electron chi connectivity index (χ4n) is 5.00. The van der Waals surface area contributed by atoms with Gasteiger partial charge in [-0.3, -0.25) is 14.6 Å². The van der Waals surface area contributed by atoms with Crippen molar-refractivity contribution in [2.24, 2.45) is 7.05 Å². The van der Waals surface area contributed by atoms with Crippen molar-refractivity contribution >= 4 is 63.9 Å². The zero-order chi connectivity index (χ0) is 30.1. The molecule has 43 heavy (non-hydrogen) atoms. The van der Waals surface area contributed by atoms with Gasteiger partial charge in [-0.2, -0.15) is 10.1 Å². The molecule has 1 fully saturated rings. The summed E-state index contributed by atoms with van der Waals surface area (Å²) in [6.07, 6.45) is 8.54. The van der Waals surface area contributed by atoms with Crippen molar-refractivity contribution in [3.05, 3.63) is 60.3 Å². The molecule has 0 amide bonds. The topological polar surface area (TPSA) is 132 Å². The van der Waals surface area contributed by atoms with Crippen LogP contribution in [0, 0.1) is 0 Å². The molecule has 0 saturated carbocycles. The van der Waals surface area contributed by atoms with Crippen LogP contribution in [0.15, 0.2) is 55.2 Å². The van der Waals surface area contributed by atoms with E-state index in [2.05, 4.69) is 40.6 Å². The van der Waals surface area contributed by atoms with Crippen LogP contribution in [0.25, 0.3) is 22.2 Å². The first-order valence-corrected chi connectivity index (χ1v) is 16.6. The number of rotatable bonds is 8. The number of morpholine rings is 1. The Morgan fingerprint density at radius 3 is 2.40 bits per heavy atom. The van der Waals surface area contributed by atoms with E-state index in [0.717, 1.165) is 29.9 Å². The molecule has 0 atom stereocenters. The molecule has 4 heterocycles. The SMILES string of the molecule is COc1cc(N2CCOCC2)c(-c2cnn(C)c2)cc1Nc1ncc(Cl)c(Nc2cc3nccnc3cc2P(C)(C)=O)n1. The van der Waals surface area contributed by atoms with E-state index in [0.29, 0.717) is 63.5 Å². The van der Waals surface area contributed by atoms with E-state index in [4.69, 9.17) is 21.1 Å². The Labute approximate surface area is 253 Å². The Morgan fingerprint density at radius 2 is 1.72 bits per heavy atom. The fraction of sp³-hybridized carbons (Fsp3) is 0.276. The van der Waals surface area contributed by atoms with E-state index in [1.165, 1.54) is 6.20 Å². The first-order chi connectivity index (χ1) is 20.7. The predicted octanol–water partition coefficient (Wildman–Crippen LogP) is 5.05. The maximum absolute atomic E-state index is 13.2. The van der Waals surface area contributed by atoms with Crippen molar-refractivity contribution in [2.45, 2.75) is 0 Å². The minimum Gasteiger partial charge on any atom is -0.494 e. The van der Waals surface area contributed by atoms with Gasteiger partial charge in [0.2, 0.25) is 5.95 Å². The van der Waals surface area contributed by atoms with E-state index in [1.54, 1.807) is 49.6 Å². The zero-order valence-electron chi connectivity index (χ0n) is 24.2. The summed E-state index contributed by atoms with van der Waals surface area (Å²) < 4.78 is 26.4. The number of nitrogens with zero attached hydrogens (tertiary/aromatic N) is 7. The molecule has 1 aliphatic heterocycles. The summed E-state index contributed by atoms with van der Waals surface area (Å²) in [5, 5.41) is 11.9. The van der Waals surface area contributed by atoms with Crippen LogP contribution in [-0.2, 0) is 16.3 Å². The van der Waals surface area contributed by atoms with Crippen LogP contribution in [0.3, 0.4) is 0 Å². The van der Waals surface area contributed by atoms with Crippen molar-refractivity contribution in [1.82, 2.24) is 29.7 Å². The normalized spacial score (nSPS) is 13.7. The molecule has 0 aliphatic carbocycles. The summed E-state index contributed by atoms with van der Waals surface area (Å²) in [4.78, 5) is 20.1. The van der Waals surface area contributed by atoms with E-state index in [-0.39, 0.29) is 0 Å². The third kappa shape index (κ3) is 6.13. The molecule has 0 spiro atoms. The number of benzene rings is 2.